The van der Waals surface area contributed by atoms with Crippen molar-refractivity contribution in [1.29, 1.82) is 0 Å². The van der Waals surface area contributed by atoms with E-state index in [1.54, 1.807) is 54.5 Å². The molecule has 0 N–H and O–H groups in total. The van der Waals surface area contributed by atoms with Crippen LogP contribution in [-0.2, 0) is 4.79 Å². The first kappa shape index (κ1) is 20.0. The number of benzene rings is 2. The fourth-order valence-corrected chi connectivity index (χ4v) is 3.50. The summed E-state index contributed by atoms with van der Waals surface area (Å²) in [6, 6.07) is 13.4. The topological polar surface area (TPSA) is 49.9 Å². The molecule has 1 saturated heterocycles. The first-order valence-corrected chi connectivity index (χ1v) is 9.39. The summed E-state index contributed by atoms with van der Waals surface area (Å²) in [7, 11) is 3.48. The van der Waals surface area contributed by atoms with Crippen LogP contribution >= 0.6 is 0 Å². The molecule has 2 aromatic carbocycles. The lowest BCUT2D eigenvalue weighted by Gasteiger charge is -2.39. The van der Waals surface area contributed by atoms with Crippen LogP contribution in [0.4, 0.5) is 4.39 Å². The molecule has 1 aliphatic heterocycles. The Morgan fingerprint density at radius 3 is 2.64 bits per heavy atom. The van der Waals surface area contributed by atoms with Crippen molar-refractivity contribution in [2.75, 3.05) is 33.8 Å². The number of carbonyl (C=O) groups is 2. The Labute approximate surface area is 164 Å². The highest BCUT2D eigenvalue weighted by Gasteiger charge is 2.30. The zero-order valence-electron chi connectivity index (χ0n) is 16.2. The van der Waals surface area contributed by atoms with E-state index in [2.05, 4.69) is 4.90 Å². The molecule has 3 rings (SSSR count). The molecule has 0 bridgehead atoms. The molecule has 1 heterocycles. The van der Waals surface area contributed by atoms with E-state index in [0.717, 1.165) is 0 Å². The number of amides is 1. The average Bonchev–Trinajstić information content (AvgIpc) is 2.72. The van der Waals surface area contributed by atoms with E-state index in [1.165, 1.54) is 6.07 Å². The zero-order chi connectivity index (χ0) is 20.1. The number of likely N-dealkylation sites (N-methyl/N-ethyl adjacent to an activating group) is 1. The second-order valence-corrected chi connectivity index (χ2v) is 7.01. The van der Waals surface area contributed by atoms with E-state index in [0.29, 0.717) is 36.5 Å². The molecule has 6 heteroatoms. The standard InChI is InChI=1S/C22H25FN2O3/c1-24-12-13-25(15-20(24)18-8-3-4-9-19(18)23)22(27)11-10-21(26)16-6-5-7-17(14-16)28-2/h3-9,14,20H,10-13,15H2,1-2H3. The van der Waals surface area contributed by atoms with Gasteiger partial charge in [-0.15, -0.1) is 0 Å². The van der Waals surface area contributed by atoms with Gasteiger partial charge in [-0.1, -0.05) is 30.3 Å². The smallest absolute Gasteiger partial charge is 0.223 e. The van der Waals surface area contributed by atoms with Gasteiger partial charge in [-0.05, 0) is 25.2 Å². The summed E-state index contributed by atoms with van der Waals surface area (Å²) in [5.41, 5.74) is 1.13. The number of ether oxygens (including phenoxy) is 1. The van der Waals surface area contributed by atoms with Crippen LogP contribution in [0.5, 0.6) is 5.75 Å². The monoisotopic (exact) mass is 384 g/mol. The highest BCUT2D eigenvalue weighted by Crippen LogP contribution is 2.26. The maximum Gasteiger partial charge on any atom is 0.223 e. The molecule has 1 fully saturated rings. The van der Waals surface area contributed by atoms with Gasteiger partial charge in [0.05, 0.1) is 13.2 Å². The molecule has 0 aromatic heterocycles. The maximum atomic E-state index is 14.2. The third kappa shape index (κ3) is 4.57. The van der Waals surface area contributed by atoms with Gasteiger partial charge in [0.1, 0.15) is 11.6 Å². The van der Waals surface area contributed by atoms with Crippen LogP contribution in [-0.4, -0.2) is 55.3 Å². The summed E-state index contributed by atoms with van der Waals surface area (Å²) in [6.07, 6.45) is 0.284. The summed E-state index contributed by atoms with van der Waals surface area (Å²) in [5.74, 6) is 0.184. The number of methoxy groups -OCH3 is 1. The average molecular weight is 384 g/mol. The number of ketones is 1. The zero-order valence-corrected chi connectivity index (χ0v) is 16.2. The number of piperazine rings is 1. The number of halogens is 1. The van der Waals surface area contributed by atoms with Crippen molar-refractivity contribution in [2.45, 2.75) is 18.9 Å². The normalized spacial score (nSPS) is 17.4. The molecule has 0 radical (unpaired) electrons. The molecule has 0 spiro atoms. The van der Waals surface area contributed by atoms with Crippen molar-refractivity contribution >= 4 is 11.7 Å². The Bertz CT molecular complexity index is 855. The minimum Gasteiger partial charge on any atom is -0.497 e. The van der Waals surface area contributed by atoms with E-state index in [4.69, 9.17) is 4.74 Å². The first-order chi connectivity index (χ1) is 13.5. The number of hydrogen-bond acceptors (Lipinski definition) is 4. The number of nitrogens with zero attached hydrogens (tertiary/aromatic N) is 2. The summed E-state index contributed by atoms with van der Waals surface area (Å²) in [6.45, 7) is 1.66. The molecule has 28 heavy (non-hydrogen) atoms. The molecule has 1 aliphatic rings. The summed E-state index contributed by atoms with van der Waals surface area (Å²) >= 11 is 0. The van der Waals surface area contributed by atoms with E-state index < -0.39 is 0 Å². The third-order valence-electron chi connectivity index (χ3n) is 5.22. The van der Waals surface area contributed by atoms with E-state index in [1.807, 2.05) is 7.05 Å². The first-order valence-electron chi connectivity index (χ1n) is 9.39. The summed E-state index contributed by atoms with van der Waals surface area (Å²) in [4.78, 5) is 28.9. The van der Waals surface area contributed by atoms with Gasteiger partial charge in [0.2, 0.25) is 5.91 Å². The molecule has 0 saturated carbocycles. The quantitative estimate of drug-likeness (QED) is 0.717. The number of carbonyl (C=O) groups excluding carboxylic acids is 2. The Morgan fingerprint density at radius 2 is 1.89 bits per heavy atom. The molecule has 0 aliphatic carbocycles. The Morgan fingerprint density at radius 1 is 1.11 bits per heavy atom. The lowest BCUT2D eigenvalue weighted by Crippen LogP contribution is -2.49. The largest absolute Gasteiger partial charge is 0.497 e. The molecular weight excluding hydrogens is 359 g/mol. The SMILES string of the molecule is COc1cccc(C(=O)CCC(=O)N2CCN(C)C(c3ccccc3F)C2)c1. The van der Waals surface area contributed by atoms with Crippen LogP contribution in [0.1, 0.15) is 34.8 Å². The van der Waals surface area contributed by atoms with Crippen molar-refractivity contribution < 1.29 is 18.7 Å². The second kappa shape index (κ2) is 8.97. The molecular formula is C22H25FN2O3. The molecule has 1 amide bonds. The minimum absolute atomic E-state index is 0.0781. The molecule has 1 atom stereocenters. The van der Waals surface area contributed by atoms with Crippen molar-refractivity contribution in [3.8, 4) is 5.75 Å². The second-order valence-electron chi connectivity index (χ2n) is 7.01. The predicted octanol–water partition coefficient (Wildman–Crippen LogP) is 3.31. The van der Waals surface area contributed by atoms with Crippen LogP contribution < -0.4 is 4.74 Å². The van der Waals surface area contributed by atoms with Crippen LogP contribution in [0.25, 0.3) is 0 Å². The molecule has 5 nitrogen and oxygen atoms in total. The van der Waals surface area contributed by atoms with Gasteiger partial charge in [0.15, 0.2) is 5.78 Å². The predicted molar refractivity (Wildman–Crippen MR) is 105 cm³/mol. The highest BCUT2D eigenvalue weighted by atomic mass is 19.1. The summed E-state index contributed by atoms with van der Waals surface area (Å²) in [5, 5.41) is 0. The molecule has 2 aromatic rings. The Balaban J connectivity index is 1.61. The molecule has 148 valence electrons. The lowest BCUT2D eigenvalue weighted by atomic mass is 10.0. The van der Waals surface area contributed by atoms with Crippen molar-refractivity contribution in [2.24, 2.45) is 0 Å². The summed E-state index contributed by atoms with van der Waals surface area (Å²) < 4.78 is 19.3. The number of Topliss-reactive ketones (excluding diaryl/α,β-unsaturated/α-hetero) is 1. The van der Waals surface area contributed by atoms with Gasteiger partial charge in [-0.3, -0.25) is 14.5 Å². The van der Waals surface area contributed by atoms with Crippen molar-refractivity contribution in [1.82, 2.24) is 9.80 Å². The van der Waals surface area contributed by atoms with Crippen LogP contribution in [0.3, 0.4) is 0 Å². The van der Waals surface area contributed by atoms with Crippen molar-refractivity contribution in [3.05, 3.63) is 65.5 Å². The van der Waals surface area contributed by atoms with E-state index >= 15 is 0 Å². The Kier molecular flexibility index (Phi) is 6.41. The van der Waals surface area contributed by atoms with Crippen LogP contribution in [0.2, 0.25) is 0 Å². The van der Waals surface area contributed by atoms with Crippen molar-refractivity contribution in [3.63, 3.8) is 0 Å². The highest BCUT2D eigenvalue weighted by molar-refractivity contribution is 5.98. The lowest BCUT2D eigenvalue weighted by molar-refractivity contribution is -0.134. The van der Waals surface area contributed by atoms with Gasteiger partial charge >= 0.3 is 0 Å². The van der Waals surface area contributed by atoms with E-state index in [9.17, 15) is 14.0 Å². The fourth-order valence-electron chi connectivity index (χ4n) is 3.50. The Hall–Kier alpha value is -2.73. The van der Waals surface area contributed by atoms with Crippen LogP contribution in [0, 0.1) is 5.82 Å². The van der Waals surface area contributed by atoms with E-state index in [-0.39, 0.29) is 36.4 Å². The maximum absolute atomic E-state index is 14.2. The number of hydrogen-bond donors (Lipinski definition) is 0. The fraction of sp³-hybridized carbons (Fsp3) is 0.364. The third-order valence-corrected chi connectivity index (χ3v) is 5.22. The van der Waals surface area contributed by atoms with Gasteiger partial charge < -0.3 is 9.64 Å². The van der Waals surface area contributed by atoms with Crippen LogP contribution in [0.15, 0.2) is 48.5 Å². The minimum atomic E-state index is -0.262. The van der Waals surface area contributed by atoms with Gasteiger partial charge in [-0.25, -0.2) is 4.39 Å². The van der Waals surface area contributed by atoms with Gasteiger partial charge in [0.25, 0.3) is 0 Å². The number of rotatable bonds is 6. The van der Waals surface area contributed by atoms with Gasteiger partial charge in [-0.2, -0.15) is 0 Å². The molecule has 1 unspecified atom stereocenters. The van der Waals surface area contributed by atoms with Gasteiger partial charge in [0, 0.05) is 43.6 Å².